The summed E-state index contributed by atoms with van der Waals surface area (Å²) in [6.07, 6.45) is 2.83. The van der Waals surface area contributed by atoms with E-state index in [0.29, 0.717) is 22.5 Å². The third-order valence-corrected chi connectivity index (χ3v) is 5.70. The van der Waals surface area contributed by atoms with Gasteiger partial charge in [0, 0.05) is 23.7 Å². The maximum absolute atomic E-state index is 13.0. The van der Waals surface area contributed by atoms with E-state index in [9.17, 15) is 13.2 Å². The van der Waals surface area contributed by atoms with Crippen LogP contribution in [0.2, 0.25) is 0 Å². The number of aromatic nitrogens is 2. The van der Waals surface area contributed by atoms with Gasteiger partial charge in [0.15, 0.2) is 9.84 Å². The monoisotopic (exact) mass is 417 g/mol. The van der Waals surface area contributed by atoms with E-state index in [4.69, 9.17) is 0 Å². The molecule has 1 amide bonds. The number of amides is 1. The minimum Gasteiger partial charge on any atom is -0.322 e. The van der Waals surface area contributed by atoms with Crippen LogP contribution in [0, 0.1) is 0 Å². The molecule has 0 aliphatic carbocycles. The van der Waals surface area contributed by atoms with E-state index < -0.39 is 9.84 Å². The van der Waals surface area contributed by atoms with Crippen LogP contribution in [0.15, 0.2) is 96.0 Å². The molecule has 0 unspecified atom stereocenters. The number of nitrogens with zero attached hydrogens (tertiary/aromatic N) is 2. The largest absolute Gasteiger partial charge is 0.322 e. The number of anilines is 1. The Balaban J connectivity index is 1.78. The van der Waals surface area contributed by atoms with Crippen molar-refractivity contribution in [2.45, 2.75) is 4.90 Å². The van der Waals surface area contributed by atoms with Crippen LogP contribution in [-0.4, -0.2) is 30.4 Å². The van der Waals surface area contributed by atoms with Crippen molar-refractivity contribution in [3.05, 3.63) is 96.7 Å². The number of hydrogen-bond donors (Lipinski definition) is 1. The average molecular weight is 417 g/mol. The lowest BCUT2D eigenvalue weighted by Crippen LogP contribution is -2.12. The summed E-state index contributed by atoms with van der Waals surface area (Å²) in [5.41, 5.74) is 2.98. The number of carbonyl (C=O) groups is 1. The predicted octanol–water partition coefficient (Wildman–Crippen LogP) is 4.20. The SMILES string of the molecule is CS(=O)(=O)c1ccc(-c2nn(-c3ccccc3)cc2C(=O)Nc2ccccc2)cc1. The zero-order valence-electron chi connectivity index (χ0n) is 16.2. The summed E-state index contributed by atoms with van der Waals surface area (Å²) in [6, 6.07) is 25.0. The van der Waals surface area contributed by atoms with Crippen LogP contribution >= 0.6 is 0 Å². The summed E-state index contributed by atoms with van der Waals surface area (Å²) >= 11 is 0. The molecular weight excluding hydrogens is 398 g/mol. The molecule has 1 N–H and O–H groups in total. The Hall–Kier alpha value is -3.71. The van der Waals surface area contributed by atoms with Gasteiger partial charge in [0.25, 0.3) is 5.91 Å². The lowest BCUT2D eigenvalue weighted by Gasteiger charge is -2.06. The van der Waals surface area contributed by atoms with Crippen LogP contribution in [0.5, 0.6) is 0 Å². The van der Waals surface area contributed by atoms with Crippen molar-refractivity contribution in [3.8, 4) is 16.9 Å². The van der Waals surface area contributed by atoms with Gasteiger partial charge in [-0.25, -0.2) is 13.1 Å². The maximum atomic E-state index is 13.0. The molecule has 0 saturated carbocycles. The minimum atomic E-state index is -3.31. The van der Waals surface area contributed by atoms with Crippen LogP contribution in [0.3, 0.4) is 0 Å². The fourth-order valence-corrected chi connectivity index (χ4v) is 3.68. The smallest absolute Gasteiger partial charge is 0.259 e. The van der Waals surface area contributed by atoms with E-state index in [1.807, 2.05) is 48.5 Å². The molecule has 4 aromatic rings. The second kappa shape index (κ2) is 7.96. The predicted molar refractivity (Wildman–Crippen MR) is 117 cm³/mol. The number of carbonyl (C=O) groups excluding carboxylic acids is 1. The van der Waals surface area contributed by atoms with E-state index in [1.54, 1.807) is 35.1 Å². The van der Waals surface area contributed by atoms with Crippen LogP contribution in [-0.2, 0) is 9.84 Å². The van der Waals surface area contributed by atoms with Crippen LogP contribution < -0.4 is 5.32 Å². The Labute approximate surface area is 174 Å². The molecule has 150 valence electrons. The van der Waals surface area contributed by atoms with Crippen molar-refractivity contribution in [1.29, 1.82) is 0 Å². The lowest BCUT2D eigenvalue weighted by molar-refractivity contribution is 0.102. The third kappa shape index (κ3) is 4.16. The highest BCUT2D eigenvalue weighted by Crippen LogP contribution is 2.26. The highest BCUT2D eigenvalue weighted by molar-refractivity contribution is 7.90. The quantitative estimate of drug-likeness (QED) is 0.528. The Morgan fingerprint density at radius 2 is 1.47 bits per heavy atom. The van der Waals surface area contributed by atoms with Crippen molar-refractivity contribution in [1.82, 2.24) is 9.78 Å². The molecular formula is C23H19N3O3S. The summed E-state index contributed by atoms with van der Waals surface area (Å²) in [5, 5.41) is 7.49. The first-order chi connectivity index (χ1) is 14.4. The van der Waals surface area contributed by atoms with Gasteiger partial charge in [-0.3, -0.25) is 4.79 Å². The molecule has 0 aliphatic rings. The Bertz CT molecular complexity index is 1280. The molecule has 0 atom stereocenters. The lowest BCUT2D eigenvalue weighted by atomic mass is 10.1. The van der Waals surface area contributed by atoms with Gasteiger partial charge in [0.2, 0.25) is 0 Å². The number of benzene rings is 3. The molecule has 4 rings (SSSR count). The average Bonchev–Trinajstić information content (AvgIpc) is 3.20. The zero-order chi connectivity index (χ0) is 21.1. The second-order valence-corrected chi connectivity index (χ2v) is 8.80. The summed E-state index contributed by atoms with van der Waals surface area (Å²) < 4.78 is 25.2. The second-order valence-electron chi connectivity index (χ2n) is 6.79. The number of nitrogens with one attached hydrogen (secondary N) is 1. The van der Waals surface area contributed by atoms with Crippen molar-refractivity contribution < 1.29 is 13.2 Å². The van der Waals surface area contributed by atoms with Gasteiger partial charge in [0.05, 0.1) is 16.1 Å². The molecule has 1 heterocycles. The van der Waals surface area contributed by atoms with Gasteiger partial charge in [0.1, 0.15) is 5.69 Å². The molecule has 0 aliphatic heterocycles. The van der Waals surface area contributed by atoms with Gasteiger partial charge >= 0.3 is 0 Å². The van der Waals surface area contributed by atoms with E-state index in [0.717, 1.165) is 11.9 Å². The van der Waals surface area contributed by atoms with Crippen molar-refractivity contribution in [3.63, 3.8) is 0 Å². The van der Waals surface area contributed by atoms with E-state index in [1.165, 1.54) is 12.1 Å². The molecule has 0 radical (unpaired) electrons. The van der Waals surface area contributed by atoms with E-state index in [2.05, 4.69) is 10.4 Å². The fourth-order valence-electron chi connectivity index (χ4n) is 3.05. The van der Waals surface area contributed by atoms with E-state index in [-0.39, 0.29) is 10.8 Å². The molecule has 0 spiro atoms. The first kappa shape index (κ1) is 19.6. The molecule has 3 aromatic carbocycles. The van der Waals surface area contributed by atoms with E-state index >= 15 is 0 Å². The van der Waals surface area contributed by atoms with Gasteiger partial charge < -0.3 is 5.32 Å². The summed E-state index contributed by atoms with van der Waals surface area (Å²) in [7, 11) is -3.31. The Kier molecular flexibility index (Phi) is 5.20. The summed E-state index contributed by atoms with van der Waals surface area (Å²) in [4.78, 5) is 13.2. The standard InChI is InChI=1S/C23H19N3O3S/c1-30(28,29)20-14-12-17(13-15-20)22-21(23(27)24-18-8-4-2-5-9-18)16-26(25-22)19-10-6-3-7-11-19/h2-16H,1H3,(H,24,27). The zero-order valence-corrected chi connectivity index (χ0v) is 17.0. The van der Waals surface area contributed by atoms with Gasteiger partial charge in [-0.15, -0.1) is 0 Å². The highest BCUT2D eigenvalue weighted by atomic mass is 32.2. The van der Waals surface area contributed by atoms with Crippen molar-refractivity contribution in [2.24, 2.45) is 0 Å². The number of rotatable bonds is 5. The Morgan fingerprint density at radius 3 is 2.07 bits per heavy atom. The van der Waals surface area contributed by atoms with Crippen molar-refractivity contribution in [2.75, 3.05) is 11.6 Å². The molecule has 0 fully saturated rings. The van der Waals surface area contributed by atoms with Crippen LogP contribution in [0.1, 0.15) is 10.4 Å². The van der Waals surface area contributed by atoms with Gasteiger partial charge in [-0.2, -0.15) is 5.10 Å². The van der Waals surface area contributed by atoms with Crippen LogP contribution in [0.25, 0.3) is 16.9 Å². The number of para-hydroxylation sites is 2. The van der Waals surface area contributed by atoms with Gasteiger partial charge in [-0.1, -0.05) is 48.5 Å². The minimum absolute atomic E-state index is 0.212. The van der Waals surface area contributed by atoms with Gasteiger partial charge in [-0.05, 0) is 36.4 Å². The highest BCUT2D eigenvalue weighted by Gasteiger charge is 2.19. The molecule has 7 heteroatoms. The van der Waals surface area contributed by atoms with Crippen LogP contribution in [0.4, 0.5) is 5.69 Å². The fraction of sp³-hybridized carbons (Fsp3) is 0.0435. The molecule has 0 bridgehead atoms. The molecule has 1 aromatic heterocycles. The van der Waals surface area contributed by atoms with Crippen molar-refractivity contribution >= 4 is 21.4 Å². The maximum Gasteiger partial charge on any atom is 0.259 e. The number of hydrogen-bond acceptors (Lipinski definition) is 4. The third-order valence-electron chi connectivity index (χ3n) is 4.57. The number of sulfone groups is 1. The normalized spacial score (nSPS) is 11.2. The molecule has 0 saturated heterocycles. The molecule has 6 nitrogen and oxygen atoms in total. The summed E-state index contributed by atoms with van der Waals surface area (Å²) in [5.74, 6) is -0.300. The summed E-state index contributed by atoms with van der Waals surface area (Å²) in [6.45, 7) is 0. The molecule has 30 heavy (non-hydrogen) atoms. The first-order valence-electron chi connectivity index (χ1n) is 9.24. The first-order valence-corrected chi connectivity index (χ1v) is 11.1. The topological polar surface area (TPSA) is 81.1 Å². The Morgan fingerprint density at radius 1 is 0.867 bits per heavy atom.